The molecule has 1 aliphatic heterocycles. The van der Waals surface area contributed by atoms with Crippen LogP contribution < -0.4 is 14.8 Å². The first-order valence-electron chi connectivity index (χ1n) is 8.52. The summed E-state index contributed by atoms with van der Waals surface area (Å²) in [6.07, 6.45) is 0.822. The molecule has 1 heterocycles. The molecule has 3 rings (SSSR count). The fourth-order valence-electron chi connectivity index (χ4n) is 2.76. The van der Waals surface area contributed by atoms with Crippen LogP contribution in [0.2, 0.25) is 0 Å². The Kier molecular flexibility index (Phi) is 5.40. The Morgan fingerprint density at radius 1 is 1.00 bits per heavy atom. The number of anilines is 1. The van der Waals surface area contributed by atoms with Gasteiger partial charge in [-0.15, -0.1) is 0 Å². The maximum Gasteiger partial charge on any atom is 0.261 e. The lowest BCUT2D eigenvalue weighted by atomic mass is 10.1. The Hall–Kier alpha value is -3.35. The van der Waals surface area contributed by atoms with Crippen molar-refractivity contribution in [2.45, 2.75) is 12.8 Å². The molecule has 0 unspecified atom stereocenters. The third-order valence-electron chi connectivity index (χ3n) is 4.25. The molecule has 2 aromatic carbocycles. The van der Waals surface area contributed by atoms with Crippen LogP contribution in [0.3, 0.4) is 0 Å². The van der Waals surface area contributed by atoms with E-state index in [4.69, 9.17) is 9.47 Å². The molecule has 0 saturated heterocycles. The second kappa shape index (κ2) is 7.90. The first-order chi connectivity index (χ1) is 13.0. The van der Waals surface area contributed by atoms with E-state index in [2.05, 4.69) is 5.32 Å². The van der Waals surface area contributed by atoms with Gasteiger partial charge in [-0.25, -0.2) is 0 Å². The summed E-state index contributed by atoms with van der Waals surface area (Å²) in [4.78, 5) is 37.0. The molecular weight excluding hydrogens is 348 g/mol. The number of fused-ring (bicyclic) bond motifs is 1. The number of hydrogen-bond acceptors (Lipinski definition) is 5. The number of benzene rings is 2. The highest BCUT2D eigenvalue weighted by Crippen LogP contribution is 2.25. The average molecular weight is 368 g/mol. The van der Waals surface area contributed by atoms with Crippen LogP contribution in [0.25, 0.3) is 0 Å². The first-order valence-corrected chi connectivity index (χ1v) is 8.52. The van der Waals surface area contributed by atoms with Crippen molar-refractivity contribution in [3.63, 3.8) is 0 Å². The molecule has 0 bridgehead atoms. The molecule has 7 heteroatoms. The SMILES string of the molecule is COc1ccc(OCCCC(=O)Nc2ccc3c(c2)C(=O)N(C)C3=O)cc1. The molecule has 140 valence electrons. The lowest BCUT2D eigenvalue weighted by Crippen LogP contribution is -2.24. The Labute approximate surface area is 156 Å². The Morgan fingerprint density at radius 2 is 1.67 bits per heavy atom. The molecule has 0 atom stereocenters. The predicted molar refractivity (Wildman–Crippen MR) is 99.2 cm³/mol. The van der Waals surface area contributed by atoms with E-state index < -0.39 is 0 Å². The fraction of sp³-hybridized carbons (Fsp3) is 0.250. The number of rotatable bonds is 7. The molecule has 0 fully saturated rings. The molecule has 7 nitrogen and oxygen atoms in total. The van der Waals surface area contributed by atoms with Gasteiger partial charge in [-0.05, 0) is 48.9 Å². The van der Waals surface area contributed by atoms with Gasteiger partial charge in [-0.2, -0.15) is 0 Å². The van der Waals surface area contributed by atoms with Crippen LogP contribution in [0.1, 0.15) is 33.6 Å². The van der Waals surface area contributed by atoms with Gasteiger partial charge in [0.1, 0.15) is 11.5 Å². The van der Waals surface area contributed by atoms with E-state index in [1.165, 1.54) is 13.1 Å². The third kappa shape index (κ3) is 4.08. The zero-order valence-electron chi connectivity index (χ0n) is 15.2. The van der Waals surface area contributed by atoms with E-state index in [0.29, 0.717) is 35.6 Å². The van der Waals surface area contributed by atoms with Crippen molar-refractivity contribution >= 4 is 23.4 Å². The van der Waals surface area contributed by atoms with Crippen molar-refractivity contribution in [1.82, 2.24) is 4.90 Å². The minimum Gasteiger partial charge on any atom is -0.497 e. The summed E-state index contributed by atoms with van der Waals surface area (Å²) in [6.45, 7) is 0.404. The maximum absolute atomic E-state index is 12.1. The van der Waals surface area contributed by atoms with Crippen LogP contribution >= 0.6 is 0 Å². The van der Waals surface area contributed by atoms with Crippen molar-refractivity contribution in [2.24, 2.45) is 0 Å². The normalized spacial score (nSPS) is 12.7. The van der Waals surface area contributed by atoms with Crippen molar-refractivity contribution in [3.05, 3.63) is 53.6 Å². The molecule has 2 aromatic rings. The lowest BCUT2D eigenvalue weighted by molar-refractivity contribution is -0.116. The van der Waals surface area contributed by atoms with Gasteiger partial charge in [0.25, 0.3) is 11.8 Å². The van der Waals surface area contributed by atoms with E-state index in [1.54, 1.807) is 43.5 Å². The van der Waals surface area contributed by atoms with Gasteiger partial charge < -0.3 is 14.8 Å². The number of amides is 3. The molecule has 1 aliphatic rings. The highest BCUT2D eigenvalue weighted by Gasteiger charge is 2.32. The van der Waals surface area contributed by atoms with Crippen LogP contribution in [0.4, 0.5) is 5.69 Å². The Morgan fingerprint density at radius 3 is 2.37 bits per heavy atom. The second-order valence-corrected chi connectivity index (χ2v) is 6.11. The molecule has 0 aliphatic carbocycles. The highest BCUT2D eigenvalue weighted by atomic mass is 16.5. The molecule has 0 saturated carbocycles. The van der Waals surface area contributed by atoms with Gasteiger partial charge in [-0.3, -0.25) is 19.3 Å². The fourth-order valence-corrected chi connectivity index (χ4v) is 2.76. The molecule has 27 heavy (non-hydrogen) atoms. The topological polar surface area (TPSA) is 84.9 Å². The Bertz CT molecular complexity index is 876. The van der Waals surface area contributed by atoms with Gasteiger partial charge in [-0.1, -0.05) is 0 Å². The summed E-state index contributed by atoms with van der Waals surface area (Å²) in [5.74, 6) is 0.588. The summed E-state index contributed by atoms with van der Waals surface area (Å²) in [5, 5.41) is 2.74. The van der Waals surface area contributed by atoms with Crippen molar-refractivity contribution in [1.29, 1.82) is 0 Å². The van der Waals surface area contributed by atoms with E-state index in [-0.39, 0.29) is 24.1 Å². The van der Waals surface area contributed by atoms with Gasteiger partial charge in [0, 0.05) is 19.2 Å². The van der Waals surface area contributed by atoms with Crippen LogP contribution in [-0.2, 0) is 4.79 Å². The number of nitrogens with zero attached hydrogens (tertiary/aromatic N) is 1. The van der Waals surface area contributed by atoms with Gasteiger partial charge in [0.2, 0.25) is 5.91 Å². The van der Waals surface area contributed by atoms with E-state index in [9.17, 15) is 14.4 Å². The highest BCUT2D eigenvalue weighted by molar-refractivity contribution is 6.21. The quantitative estimate of drug-likeness (QED) is 0.600. The number of hydrogen-bond donors (Lipinski definition) is 1. The van der Waals surface area contributed by atoms with Gasteiger partial charge >= 0.3 is 0 Å². The minimum absolute atomic E-state index is 0.182. The van der Waals surface area contributed by atoms with Crippen LogP contribution in [0.15, 0.2) is 42.5 Å². The zero-order chi connectivity index (χ0) is 19.4. The monoisotopic (exact) mass is 368 g/mol. The molecule has 1 N–H and O–H groups in total. The van der Waals surface area contributed by atoms with E-state index in [1.807, 2.05) is 0 Å². The average Bonchev–Trinajstić information content (AvgIpc) is 2.90. The van der Waals surface area contributed by atoms with Crippen LogP contribution in [-0.4, -0.2) is 43.4 Å². The number of carbonyl (C=O) groups is 3. The van der Waals surface area contributed by atoms with Crippen LogP contribution in [0, 0.1) is 0 Å². The van der Waals surface area contributed by atoms with Crippen molar-refractivity contribution in [2.75, 3.05) is 26.1 Å². The maximum atomic E-state index is 12.1. The number of nitrogens with one attached hydrogen (secondary N) is 1. The lowest BCUT2D eigenvalue weighted by Gasteiger charge is -2.08. The number of imide groups is 1. The Balaban J connectivity index is 1.47. The largest absolute Gasteiger partial charge is 0.497 e. The van der Waals surface area contributed by atoms with E-state index in [0.717, 1.165) is 10.6 Å². The number of carbonyl (C=O) groups excluding carboxylic acids is 3. The van der Waals surface area contributed by atoms with Crippen molar-refractivity contribution < 1.29 is 23.9 Å². The first kappa shape index (κ1) is 18.4. The summed E-state index contributed by atoms with van der Waals surface area (Å²) in [7, 11) is 3.03. The summed E-state index contributed by atoms with van der Waals surface area (Å²) in [5.41, 5.74) is 1.16. The smallest absolute Gasteiger partial charge is 0.261 e. The van der Waals surface area contributed by atoms with E-state index >= 15 is 0 Å². The number of ether oxygens (including phenoxy) is 2. The summed E-state index contributed by atoms with van der Waals surface area (Å²) < 4.78 is 10.7. The van der Waals surface area contributed by atoms with Crippen molar-refractivity contribution in [3.8, 4) is 11.5 Å². The minimum atomic E-state index is -0.362. The third-order valence-corrected chi connectivity index (χ3v) is 4.25. The molecule has 0 aromatic heterocycles. The van der Waals surface area contributed by atoms with Gasteiger partial charge in [0.05, 0.1) is 24.8 Å². The molecule has 0 radical (unpaired) electrons. The van der Waals surface area contributed by atoms with Crippen LogP contribution in [0.5, 0.6) is 11.5 Å². The van der Waals surface area contributed by atoms with Gasteiger partial charge in [0.15, 0.2) is 0 Å². The summed E-state index contributed by atoms with van der Waals surface area (Å²) >= 11 is 0. The second-order valence-electron chi connectivity index (χ2n) is 6.11. The molecule has 3 amide bonds. The summed E-state index contributed by atoms with van der Waals surface area (Å²) in [6, 6.07) is 11.9. The molecular formula is C20H20N2O5. The number of methoxy groups -OCH3 is 1. The predicted octanol–water partition coefficient (Wildman–Crippen LogP) is 2.72. The standard InChI is InChI=1S/C20H20N2O5/c1-22-19(24)16-10-5-13(12-17(16)20(22)25)21-18(23)4-3-11-27-15-8-6-14(26-2)7-9-15/h5-10,12H,3-4,11H2,1-2H3,(H,21,23). The zero-order valence-corrected chi connectivity index (χ0v) is 15.2. The molecule has 0 spiro atoms.